The maximum Gasteiger partial charge on any atom is 0.107 e. The summed E-state index contributed by atoms with van der Waals surface area (Å²) in [5.74, 6) is 0.453. The van der Waals surface area contributed by atoms with E-state index in [-0.39, 0.29) is 0 Å². The molecule has 92 valence electrons. The molecule has 0 saturated heterocycles. The van der Waals surface area contributed by atoms with Gasteiger partial charge in [-0.2, -0.15) is 0 Å². The Bertz CT molecular complexity index is 450. The lowest BCUT2D eigenvalue weighted by Gasteiger charge is -2.08. The zero-order chi connectivity index (χ0) is 12.3. The lowest BCUT2D eigenvalue weighted by Crippen LogP contribution is -2.18. The molecule has 0 saturated carbocycles. The zero-order valence-electron chi connectivity index (χ0n) is 9.24. The van der Waals surface area contributed by atoms with E-state index < -0.39 is 0 Å². The molecule has 0 amide bonds. The van der Waals surface area contributed by atoms with Gasteiger partial charge in [-0.3, -0.25) is 0 Å². The second-order valence-corrected chi connectivity index (χ2v) is 7.26. The SMILES string of the molecule is CC(CNCc1cc(Br)c(Cl)s1)c1nccs1. The number of aromatic nitrogens is 1. The van der Waals surface area contributed by atoms with Gasteiger partial charge in [-0.1, -0.05) is 18.5 Å². The van der Waals surface area contributed by atoms with Crippen LogP contribution in [0.25, 0.3) is 0 Å². The van der Waals surface area contributed by atoms with Crippen LogP contribution in [0.15, 0.2) is 22.1 Å². The molecular formula is C11H12BrClN2S2. The summed E-state index contributed by atoms with van der Waals surface area (Å²) in [7, 11) is 0. The lowest BCUT2D eigenvalue weighted by molar-refractivity contribution is 0.616. The van der Waals surface area contributed by atoms with E-state index in [1.165, 1.54) is 9.88 Å². The largest absolute Gasteiger partial charge is 0.311 e. The highest BCUT2D eigenvalue weighted by Crippen LogP contribution is 2.31. The summed E-state index contributed by atoms with van der Waals surface area (Å²) in [6.07, 6.45) is 1.85. The minimum atomic E-state index is 0.453. The van der Waals surface area contributed by atoms with Gasteiger partial charge in [0.15, 0.2) is 0 Å². The lowest BCUT2D eigenvalue weighted by atomic mass is 10.2. The first-order valence-corrected chi connectivity index (χ1v) is 8.07. The van der Waals surface area contributed by atoms with Crippen molar-refractivity contribution in [1.82, 2.24) is 10.3 Å². The third-order valence-corrected chi connectivity index (χ3v) is 5.80. The molecule has 0 bridgehead atoms. The predicted molar refractivity (Wildman–Crippen MR) is 79.3 cm³/mol. The maximum atomic E-state index is 5.99. The zero-order valence-corrected chi connectivity index (χ0v) is 13.2. The first-order valence-electron chi connectivity index (χ1n) is 5.20. The summed E-state index contributed by atoms with van der Waals surface area (Å²) in [4.78, 5) is 5.56. The number of halogens is 2. The Kier molecular flexibility index (Phi) is 4.99. The molecule has 0 aliphatic carbocycles. The second-order valence-electron chi connectivity index (χ2n) is 3.74. The molecule has 0 aliphatic heterocycles. The van der Waals surface area contributed by atoms with Gasteiger partial charge < -0.3 is 5.32 Å². The Morgan fingerprint density at radius 3 is 3.00 bits per heavy atom. The van der Waals surface area contributed by atoms with Crippen molar-refractivity contribution in [3.05, 3.63) is 36.3 Å². The van der Waals surface area contributed by atoms with Crippen molar-refractivity contribution in [1.29, 1.82) is 0 Å². The van der Waals surface area contributed by atoms with Gasteiger partial charge in [-0.05, 0) is 22.0 Å². The van der Waals surface area contributed by atoms with Crippen molar-refractivity contribution in [2.24, 2.45) is 0 Å². The molecule has 0 fully saturated rings. The highest BCUT2D eigenvalue weighted by Gasteiger charge is 2.08. The first-order chi connectivity index (χ1) is 8.16. The highest BCUT2D eigenvalue weighted by atomic mass is 79.9. The topological polar surface area (TPSA) is 24.9 Å². The number of hydrogen-bond acceptors (Lipinski definition) is 4. The number of thiophene rings is 1. The fraction of sp³-hybridized carbons (Fsp3) is 0.364. The molecule has 2 aromatic rings. The molecule has 0 aromatic carbocycles. The maximum absolute atomic E-state index is 5.99. The van der Waals surface area contributed by atoms with Crippen LogP contribution >= 0.6 is 50.2 Å². The molecule has 6 heteroatoms. The van der Waals surface area contributed by atoms with Crippen molar-refractivity contribution < 1.29 is 0 Å². The molecule has 0 radical (unpaired) electrons. The Balaban J connectivity index is 1.80. The van der Waals surface area contributed by atoms with Crippen molar-refractivity contribution in [3.63, 3.8) is 0 Å². The van der Waals surface area contributed by atoms with Crippen LogP contribution in [0.4, 0.5) is 0 Å². The number of nitrogens with zero attached hydrogens (tertiary/aromatic N) is 1. The van der Waals surface area contributed by atoms with Crippen LogP contribution in [-0.2, 0) is 6.54 Å². The van der Waals surface area contributed by atoms with E-state index in [9.17, 15) is 0 Å². The summed E-state index contributed by atoms with van der Waals surface area (Å²) in [5.41, 5.74) is 0. The van der Waals surface area contributed by atoms with Gasteiger partial charge >= 0.3 is 0 Å². The minimum Gasteiger partial charge on any atom is -0.311 e. The predicted octanol–water partition coefficient (Wildman–Crippen LogP) is 4.51. The minimum absolute atomic E-state index is 0.453. The molecule has 1 N–H and O–H groups in total. The summed E-state index contributed by atoms with van der Waals surface area (Å²) in [5, 5.41) is 6.63. The van der Waals surface area contributed by atoms with Gasteiger partial charge in [0, 0.05) is 39.9 Å². The quantitative estimate of drug-likeness (QED) is 0.857. The van der Waals surface area contributed by atoms with Crippen LogP contribution in [0.3, 0.4) is 0 Å². The molecule has 0 spiro atoms. The van der Waals surface area contributed by atoms with Crippen LogP contribution in [0.1, 0.15) is 22.7 Å². The number of nitrogens with one attached hydrogen (secondary N) is 1. The van der Waals surface area contributed by atoms with Crippen molar-refractivity contribution in [2.75, 3.05) is 6.54 Å². The van der Waals surface area contributed by atoms with Gasteiger partial charge in [0.05, 0.1) is 5.01 Å². The average Bonchev–Trinajstić information content (AvgIpc) is 2.90. The summed E-state index contributed by atoms with van der Waals surface area (Å²) in [6.45, 7) is 3.97. The molecule has 2 heterocycles. The van der Waals surface area contributed by atoms with E-state index in [0.717, 1.165) is 21.9 Å². The van der Waals surface area contributed by atoms with Gasteiger partial charge in [-0.15, -0.1) is 22.7 Å². The molecule has 2 aromatic heterocycles. The van der Waals surface area contributed by atoms with E-state index in [1.54, 1.807) is 22.7 Å². The molecular weight excluding hydrogens is 340 g/mol. The number of thiazole rings is 1. The van der Waals surface area contributed by atoms with E-state index in [1.807, 2.05) is 11.6 Å². The third-order valence-electron chi connectivity index (χ3n) is 2.32. The van der Waals surface area contributed by atoms with Crippen LogP contribution in [0, 0.1) is 0 Å². The van der Waals surface area contributed by atoms with Gasteiger partial charge in [0.1, 0.15) is 4.34 Å². The van der Waals surface area contributed by atoms with E-state index in [0.29, 0.717) is 5.92 Å². The van der Waals surface area contributed by atoms with Crippen molar-refractivity contribution >= 4 is 50.2 Å². The fourth-order valence-electron chi connectivity index (χ4n) is 1.46. The first kappa shape index (κ1) is 13.5. The summed E-state index contributed by atoms with van der Waals surface area (Å²) in [6, 6.07) is 2.06. The smallest absolute Gasteiger partial charge is 0.107 e. The monoisotopic (exact) mass is 350 g/mol. The number of rotatable bonds is 5. The Morgan fingerprint density at radius 1 is 1.59 bits per heavy atom. The molecule has 0 aliphatic rings. The van der Waals surface area contributed by atoms with Crippen molar-refractivity contribution in [2.45, 2.75) is 19.4 Å². The van der Waals surface area contributed by atoms with Crippen LogP contribution in [-0.4, -0.2) is 11.5 Å². The van der Waals surface area contributed by atoms with Crippen LogP contribution in [0.2, 0.25) is 4.34 Å². The molecule has 1 unspecified atom stereocenters. The molecule has 2 rings (SSSR count). The van der Waals surface area contributed by atoms with Gasteiger partial charge in [0.25, 0.3) is 0 Å². The van der Waals surface area contributed by atoms with Crippen LogP contribution in [0.5, 0.6) is 0 Å². The van der Waals surface area contributed by atoms with E-state index >= 15 is 0 Å². The fourth-order valence-corrected chi connectivity index (χ4v) is 3.91. The third kappa shape index (κ3) is 3.76. The van der Waals surface area contributed by atoms with Crippen molar-refractivity contribution in [3.8, 4) is 0 Å². The molecule has 1 atom stereocenters. The molecule has 2 nitrogen and oxygen atoms in total. The second kappa shape index (κ2) is 6.29. The average molecular weight is 352 g/mol. The Morgan fingerprint density at radius 2 is 2.41 bits per heavy atom. The molecule has 17 heavy (non-hydrogen) atoms. The highest BCUT2D eigenvalue weighted by molar-refractivity contribution is 9.10. The Labute approximate surface area is 122 Å². The van der Waals surface area contributed by atoms with E-state index in [4.69, 9.17) is 11.6 Å². The number of hydrogen-bond donors (Lipinski definition) is 1. The normalized spacial score (nSPS) is 12.9. The Hall–Kier alpha value is 0.0600. The summed E-state index contributed by atoms with van der Waals surface area (Å²) < 4.78 is 1.80. The van der Waals surface area contributed by atoms with Gasteiger partial charge in [-0.25, -0.2) is 4.98 Å². The standard InChI is InChI=1S/C11H12BrClN2S2/c1-7(11-15-2-3-16-11)5-14-6-8-4-9(12)10(13)17-8/h2-4,7,14H,5-6H2,1H3. The van der Waals surface area contributed by atoms with E-state index in [2.05, 4.69) is 39.2 Å². The van der Waals surface area contributed by atoms with Crippen LogP contribution < -0.4 is 5.32 Å². The summed E-state index contributed by atoms with van der Waals surface area (Å²) >= 11 is 12.7. The van der Waals surface area contributed by atoms with Gasteiger partial charge in [0.2, 0.25) is 0 Å².